The van der Waals surface area contributed by atoms with Gasteiger partial charge in [-0.2, -0.15) is 0 Å². The fraction of sp³-hybridized carbons (Fsp3) is 0.765. The van der Waals surface area contributed by atoms with Crippen LogP contribution in [0.5, 0.6) is 0 Å². The standard InChI is InChI=1S/C17H30N2O/c1-14-12-16(13-18-10-7-11-20-3)15(2)19(14)17-8-5-4-6-9-17/h12,17-18H,4-11,13H2,1-3H3. The largest absolute Gasteiger partial charge is 0.385 e. The quantitative estimate of drug-likeness (QED) is 0.769. The molecule has 3 nitrogen and oxygen atoms in total. The summed E-state index contributed by atoms with van der Waals surface area (Å²) in [5.74, 6) is 0. The summed E-state index contributed by atoms with van der Waals surface area (Å²) in [6.07, 6.45) is 8.01. The van der Waals surface area contributed by atoms with Gasteiger partial charge in [0.25, 0.3) is 0 Å². The Bertz CT molecular complexity index is 405. The zero-order chi connectivity index (χ0) is 14.4. The number of nitrogens with zero attached hydrogens (tertiary/aromatic N) is 1. The van der Waals surface area contributed by atoms with E-state index in [2.05, 4.69) is 29.8 Å². The fourth-order valence-electron chi connectivity index (χ4n) is 3.49. The van der Waals surface area contributed by atoms with Crippen LogP contribution in [-0.4, -0.2) is 24.8 Å². The first kappa shape index (κ1) is 15.6. The maximum absolute atomic E-state index is 5.08. The van der Waals surface area contributed by atoms with Gasteiger partial charge in [0, 0.05) is 37.7 Å². The predicted octanol–water partition coefficient (Wildman–Crippen LogP) is 3.74. The molecular formula is C17H30N2O. The van der Waals surface area contributed by atoms with E-state index in [0.717, 1.165) is 32.2 Å². The number of ether oxygens (including phenoxy) is 1. The number of hydrogen-bond donors (Lipinski definition) is 1. The Morgan fingerprint density at radius 1 is 1.25 bits per heavy atom. The van der Waals surface area contributed by atoms with Crippen molar-refractivity contribution >= 4 is 0 Å². The Kier molecular flexibility index (Phi) is 6.11. The second-order valence-electron chi connectivity index (χ2n) is 6.08. The van der Waals surface area contributed by atoms with Crippen LogP contribution in [0.4, 0.5) is 0 Å². The molecule has 0 aromatic carbocycles. The molecule has 0 aliphatic heterocycles. The van der Waals surface area contributed by atoms with E-state index in [1.165, 1.54) is 49.1 Å². The number of hydrogen-bond acceptors (Lipinski definition) is 2. The Morgan fingerprint density at radius 3 is 2.70 bits per heavy atom. The SMILES string of the molecule is COCCCNCc1cc(C)n(C2CCCCC2)c1C. The highest BCUT2D eigenvalue weighted by molar-refractivity contribution is 5.27. The van der Waals surface area contributed by atoms with Gasteiger partial charge in [-0.3, -0.25) is 0 Å². The molecule has 1 heterocycles. The molecule has 1 aromatic heterocycles. The van der Waals surface area contributed by atoms with Crippen LogP contribution in [0.3, 0.4) is 0 Å². The van der Waals surface area contributed by atoms with E-state index >= 15 is 0 Å². The van der Waals surface area contributed by atoms with Crippen molar-refractivity contribution in [3.8, 4) is 0 Å². The van der Waals surface area contributed by atoms with Crippen LogP contribution in [-0.2, 0) is 11.3 Å². The number of rotatable bonds is 7. The van der Waals surface area contributed by atoms with Crippen molar-refractivity contribution in [1.82, 2.24) is 9.88 Å². The Labute approximate surface area is 123 Å². The fourth-order valence-corrected chi connectivity index (χ4v) is 3.49. The maximum Gasteiger partial charge on any atom is 0.0474 e. The lowest BCUT2D eigenvalue weighted by Crippen LogP contribution is -2.18. The summed E-state index contributed by atoms with van der Waals surface area (Å²) in [5, 5.41) is 3.53. The van der Waals surface area contributed by atoms with Crippen LogP contribution < -0.4 is 5.32 Å². The monoisotopic (exact) mass is 278 g/mol. The Morgan fingerprint density at radius 2 is 2.00 bits per heavy atom. The molecule has 0 spiro atoms. The highest BCUT2D eigenvalue weighted by Gasteiger charge is 2.19. The van der Waals surface area contributed by atoms with Gasteiger partial charge < -0.3 is 14.6 Å². The molecule has 0 radical (unpaired) electrons. The topological polar surface area (TPSA) is 26.2 Å². The summed E-state index contributed by atoms with van der Waals surface area (Å²) in [6, 6.07) is 3.11. The van der Waals surface area contributed by atoms with E-state index < -0.39 is 0 Å². The third-order valence-electron chi connectivity index (χ3n) is 4.55. The lowest BCUT2D eigenvalue weighted by Gasteiger charge is -2.26. The molecule has 1 N–H and O–H groups in total. The Balaban J connectivity index is 1.93. The molecule has 0 amide bonds. The van der Waals surface area contributed by atoms with Crippen molar-refractivity contribution < 1.29 is 4.74 Å². The molecule has 0 saturated heterocycles. The van der Waals surface area contributed by atoms with Gasteiger partial charge in [0.1, 0.15) is 0 Å². The second kappa shape index (κ2) is 7.84. The first-order valence-electron chi connectivity index (χ1n) is 8.11. The maximum atomic E-state index is 5.08. The number of aryl methyl sites for hydroxylation is 1. The van der Waals surface area contributed by atoms with Gasteiger partial charge in [0.2, 0.25) is 0 Å². The second-order valence-corrected chi connectivity index (χ2v) is 6.08. The number of aromatic nitrogens is 1. The van der Waals surface area contributed by atoms with E-state index in [9.17, 15) is 0 Å². The Hall–Kier alpha value is -0.800. The summed E-state index contributed by atoms with van der Waals surface area (Å²) in [6.45, 7) is 7.40. The van der Waals surface area contributed by atoms with Crippen molar-refractivity contribution in [3.05, 3.63) is 23.0 Å². The molecule has 0 atom stereocenters. The molecule has 0 unspecified atom stereocenters. The molecule has 1 aliphatic rings. The number of methoxy groups -OCH3 is 1. The minimum atomic E-state index is 0.742. The molecule has 1 saturated carbocycles. The van der Waals surface area contributed by atoms with Gasteiger partial charge in [-0.25, -0.2) is 0 Å². The zero-order valence-electron chi connectivity index (χ0n) is 13.4. The van der Waals surface area contributed by atoms with E-state index in [0.29, 0.717) is 0 Å². The molecule has 1 fully saturated rings. The van der Waals surface area contributed by atoms with E-state index in [4.69, 9.17) is 4.74 Å². The van der Waals surface area contributed by atoms with Gasteiger partial charge >= 0.3 is 0 Å². The molecule has 20 heavy (non-hydrogen) atoms. The van der Waals surface area contributed by atoms with Gasteiger partial charge in [0.05, 0.1) is 0 Å². The van der Waals surface area contributed by atoms with Crippen LogP contribution in [0.2, 0.25) is 0 Å². The zero-order valence-corrected chi connectivity index (χ0v) is 13.4. The predicted molar refractivity (Wildman–Crippen MR) is 84.2 cm³/mol. The molecule has 2 rings (SSSR count). The average Bonchev–Trinajstić information content (AvgIpc) is 2.74. The third-order valence-corrected chi connectivity index (χ3v) is 4.55. The van der Waals surface area contributed by atoms with Gasteiger partial charge in [0.15, 0.2) is 0 Å². The van der Waals surface area contributed by atoms with E-state index in [-0.39, 0.29) is 0 Å². The van der Waals surface area contributed by atoms with Crippen molar-refractivity contribution in [1.29, 1.82) is 0 Å². The summed E-state index contributed by atoms with van der Waals surface area (Å²) in [5.41, 5.74) is 4.36. The van der Waals surface area contributed by atoms with Crippen molar-refractivity contribution in [2.45, 2.75) is 65.0 Å². The summed E-state index contributed by atoms with van der Waals surface area (Å²) in [4.78, 5) is 0. The van der Waals surface area contributed by atoms with E-state index in [1.807, 2.05) is 0 Å². The van der Waals surface area contributed by atoms with Gasteiger partial charge in [-0.15, -0.1) is 0 Å². The molecule has 1 aromatic rings. The van der Waals surface area contributed by atoms with Crippen LogP contribution >= 0.6 is 0 Å². The smallest absolute Gasteiger partial charge is 0.0474 e. The minimum absolute atomic E-state index is 0.742. The first-order valence-corrected chi connectivity index (χ1v) is 8.11. The van der Waals surface area contributed by atoms with Crippen molar-refractivity contribution in [3.63, 3.8) is 0 Å². The van der Waals surface area contributed by atoms with Crippen LogP contribution in [0, 0.1) is 13.8 Å². The molecule has 3 heteroatoms. The highest BCUT2D eigenvalue weighted by Crippen LogP contribution is 2.32. The molecule has 1 aliphatic carbocycles. The lowest BCUT2D eigenvalue weighted by molar-refractivity contribution is 0.194. The minimum Gasteiger partial charge on any atom is -0.385 e. The van der Waals surface area contributed by atoms with Crippen LogP contribution in [0.25, 0.3) is 0 Å². The van der Waals surface area contributed by atoms with Gasteiger partial charge in [-0.1, -0.05) is 19.3 Å². The lowest BCUT2D eigenvalue weighted by atomic mass is 9.95. The summed E-state index contributed by atoms with van der Waals surface area (Å²) < 4.78 is 7.66. The average molecular weight is 278 g/mol. The van der Waals surface area contributed by atoms with Crippen molar-refractivity contribution in [2.75, 3.05) is 20.3 Å². The van der Waals surface area contributed by atoms with Crippen molar-refractivity contribution in [2.24, 2.45) is 0 Å². The molecular weight excluding hydrogens is 248 g/mol. The summed E-state index contributed by atoms with van der Waals surface area (Å²) in [7, 11) is 1.76. The van der Waals surface area contributed by atoms with Crippen LogP contribution in [0.1, 0.15) is 61.5 Å². The number of nitrogens with one attached hydrogen (secondary N) is 1. The van der Waals surface area contributed by atoms with Gasteiger partial charge in [-0.05, 0) is 51.3 Å². The highest BCUT2D eigenvalue weighted by atomic mass is 16.5. The van der Waals surface area contributed by atoms with Crippen LogP contribution in [0.15, 0.2) is 6.07 Å². The molecule has 114 valence electrons. The third kappa shape index (κ3) is 3.86. The normalized spacial score (nSPS) is 16.8. The van der Waals surface area contributed by atoms with E-state index in [1.54, 1.807) is 7.11 Å². The summed E-state index contributed by atoms with van der Waals surface area (Å²) >= 11 is 0. The molecule has 0 bridgehead atoms. The first-order chi connectivity index (χ1) is 9.74.